The van der Waals surface area contributed by atoms with Crippen LogP contribution in [0.4, 0.5) is 5.82 Å². The van der Waals surface area contributed by atoms with Crippen LogP contribution in [0.1, 0.15) is 18.4 Å². The van der Waals surface area contributed by atoms with Gasteiger partial charge in [-0.25, -0.2) is 4.98 Å². The third kappa shape index (κ3) is 4.40. The monoisotopic (exact) mass is 430 g/mol. The summed E-state index contributed by atoms with van der Waals surface area (Å²) in [6.45, 7) is 2.68. The number of anilines is 1. The van der Waals surface area contributed by atoms with Gasteiger partial charge in [0.2, 0.25) is 5.91 Å². The summed E-state index contributed by atoms with van der Waals surface area (Å²) in [5.74, 6) is 1.02. The first kappa shape index (κ1) is 19.6. The molecular formula is C20H23BrN4O2. The van der Waals surface area contributed by atoms with Crippen LogP contribution in [0, 0.1) is 17.2 Å². The van der Waals surface area contributed by atoms with Crippen LogP contribution in [0.15, 0.2) is 28.7 Å². The van der Waals surface area contributed by atoms with E-state index in [0.717, 1.165) is 47.1 Å². The summed E-state index contributed by atoms with van der Waals surface area (Å²) in [5.41, 5.74) is 1.43. The number of carbonyl (C=O) groups is 1. The molecule has 1 aliphatic heterocycles. The Balaban J connectivity index is 1.72. The Morgan fingerprint density at radius 1 is 1.41 bits per heavy atom. The lowest BCUT2D eigenvalue weighted by Gasteiger charge is -2.34. The van der Waals surface area contributed by atoms with E-state index in [1.165, 1.54) is 0 Å². The molecule has 3 rings (SSSR count). The molecule has 0 unspecified atom stereocenters. The second-order valence-electron chi connectivity index (χ2n) is 6.82. The number of benzene rings is 1. The summed E-state index contributed by atoms with van der Waals surface area (Å²) in [7, 11) is 3.47. The quantitative estimate of drug-likeness (QED) is 0.728. The summed E-state index contributed by atoms with van der Waals surface area (Å²) in [6.07, 6.45) is 1.58. The molecule has 1 aromatic carbocycles. The van der Waals surface area contributed by atoms with Crippen molar-refractivity contribution in [2.24, 2.45) is 5.92 Å². The molecule has 142 valence electrons. The topological polar surface area (TPSA) is 69.5 Å². The number of likely N-dealkylation sites (N-methyl/N-ethyl adjacent to an activating group) is 1. The van der Waals surface area contributed by atoms with Crippen LogP contribution in [-0.2, 0) is 9.53 Å². The first-order valence-electron chi connectivity index (χ1n) is 9.02. The predicted octanol–water partition coefficient (Wildman–Crippen LogP) is 3.19. The van der Waals surface area contributed by atoms with Crippen molar-refractivity contribution >= 4 is 38.6 Å². The third-order valence-corrected chi connectivity index (χ3v) is 5.55. The molecule has 0 bridgehead atoms. The van der Waals surface area contributed by atoms with Gasteiger partial charge < -0.3 is 14.5 Å². The number of nitrogens with zero attached hydrogens (tertiary/aromatic N) is 4. The van der Waals surface area contributed by atoms with Crippen LogP contribution in [0.5, 0.6) is 0 Å². The average molecular weight is 431 g/mol. The molecule has 1 fully saturated rings. The number of aromatic nitrogens is 1. The molecule has 0 atom stereocenters. The highest BCUT2D eigenvalue weighted by molar-refractivity contribution is 9.10. The van der Waals surface area contributed by atoms with Crippen LogP contribution < -0.4 is 4.90 Å². The second-order valence-corrected chi connectivity index (χ2v) is 7.73. The van der Waals surface area contributed by atoms with Crippen molar-refractivity contribution in [3.05, 3.63) is 34.3 Å². The molecule has 0 N–H and O–H groups in total. The number of carbonyl (C=O) groups excluding carboxylic acids is 1. The Bertz CT molecular complexity index is 872. The molecule has 0 aliphatic carbocycles. The van der Waals surface area contributed by atoms with Gasteiger partial charge in [-0.2, -0.15) is 5.26 Å². The molecule has 0 spiro atoms. The lowest BCUT2D eigenvalue weighted by atomic mass is 9.95. The van der Waals surface area contributed by atoms with Gasteiger partial charge in [0.25, 0.3) is 0 Å². The number of ether oxygens (including phenoxy) is 1. The average Bonchev–Trinajstić information content (AvgIpc) is 2.70. The van der Waals surface area contributed by atoms with E-state index in [0.29, 0.717) is 18.7 Å². The van der Waals surface area contributed by atoms with Gasteiger partial charge in [-0.15, -0.1) is 0 Å². The molecule has 1 aromatic heterocycles. The fourth-order valence-corrected chi connectivity index (χ4v) is 3.81. The van der Waals surface area contributed by atoms with Crippen molar-refractivity contribution in [3.63, 3.8) is 0 Å². The number of pyridine rings is 1. The highest BCUT2D eigenvalue weighted by atomic mass is 79.9. The molecule has 7 heteroatoms. The Morgan fingerprint density at radius 2 is 2.15 bits per heavy atom. The highest BCUT2D eigenvalue weighted by Gasteiger charge is 2.28. The number of piperidine rings is 1. The van der Waals surface area contributed by atoms with Crippen LogP contribution in [0.2, 0.25) is 0 Å². The van der Waals surface area contributed by atoms with Crippen molar-refractivity contribution in [2.45, 2.75) is 12.8 Å². The molecule has 1 amide bonds. The van der Waals surface area contributed by atoms with Crippen LogP contribution in [-0.4, -0.2) is 56.2 Å². The summed E-state index contributed by atoms with van der Waals surface area (Å²) in [4.78, 5) is 21.2. The fraction of sp³-hybridized carbons (Fsp3) is 0.450. The zero-order chi connectivity index (χ0) is 19.4. The zero-order valence-electron chi connectivity index (χ0n) is 15.6. The van der Waals surface area contributed by atoms with E-state index < -0.39 is 0 Å². The molecule has 6 nitrogen and oxygen atoms in total. The van der Waals surface area contributed by atoms with Gasteiger partial charge in [0.05, 0.1) is 23.8 Å². The highest BCUT2D eigenvalue weighted by Crippen LogP contribution is 2.28. The lowest BCUT2D eigenvalue weighted by molar-refractivity contribution is -0.135. The zero-order valence-corrected chi connectivity index (χ0v) is 17.2. The molecule has 2 heterocycles. The van der Waals surface area contributed by atoms with Crippen LogP contribution in [0.25, 0.3) is 10.9 Å². The van der Waals surface area contributed by atoms with E-state index in [1.54, 1.807) is 12.0 Å². The Morgan fingerprint density at radius 3 is 2.81 bits per heavy atom. The van der Waals surface area contributed by atoms with Crippen LogP contribution in [0.3, 0.4) is 0 Å². The SMILES string of the molecule is COCCN(C)C(=O)C1CCN(c2cc(C#N)c3cc(Br)ccc3n2)CC1. The molecule has 1 aliphatic rings. The minimum Gasteiger partial charge on any atom is -0.383 e. The normalized spacial score (nSPS) is 15.0. The van der Waals surface area contributed by atoms with Crippen molar-refractivity contribution in [1.29, 1.82) is 5.26 Å². The van der Waals surface area contributed by atoms with Gasteiger partial charge in [-0.3, -0.25) is 4.79 Å². The smallest absolute Gasteiger partial charge is 0.225 e. The first-order valence-corrected chi connectivity index (χ1v) is 9.82. The number of halogens is 1. The number of hydrogen-bond acceptors (Lipinski definition) is 5. The predicted molar refractivity (Wildman–Crippen MR) is 109 cm³/mol. The fourth-order valence-electron chi connectivity index (χ4n) is 3.44. The number of fused-ring (bicyclic) bond motifs is 1. The summed E-state index contributed by atoms with van der Waals surface area (Å²) in [6, 6.07) is 9.90. The second kappa shape index (κ2) is 8.68. The van der Waals surface area contributed by atoms with E-state index in [1.807, 2.05) is 31.3 Å². The van der Waals surface area contributed by atoms with E-state index in [-0.39, 0.29) is 11.8 Å². The van der Waals surface area contributed by atoms with E-state index in [4.69, 9.17) is 9.72 Å². The first-order chi connectivity index (χ1) is 13.0. The largest absolute Gasteiger partial charge is 0.383 e. The molecule has 1 saturated heterocycles. The lowest BCUT2D eigenvalue weighted by Crippen LogP contribution is -2.42. The number of methoxy groups -OCH3 is 1. The number of hydrogen-bond donors (Lipinski definition) is 0. The maximum Gasteiger partial charge on any atom is 0.225 e. The molecular weight excluding hydrogens is 408 g/mol. The minimum absolute atomic E-state index is 0.0370. The molecule has 2 aromatic rings. The van der Waals surface area contributed by atoms with Crippen molar-refractivity contribution in [2.75, 3.05) is 45.3 Å². The Kier molecular flexibility index (Phi) is 6.30. The summed E-state index contributed by atoms with van der Waals surface area (Å²) in [5, 5.41) is 10.4. The van der Waals surface area contributed by atoms with Gasteiger partial charge in [-0.1, -0.05) is 15.9 Å². The van der Waals surface area contributed by atoms with Gasteiger partial charge in [0.15, 0.2) is 0 Å². The minimum atomic E-state index is 0.0370. The number of rotatable bonds is 5. The maximum absolute atomic E-state index is 12.5. The van der Waals surface area contributed by atoms with Crippen LogP contribution >= 0.6 is 15.9 Å². The third-order valence-electron chi connectivity index (χ3n) is 5.05. The van der Waals surface area contributed by atoms with Gasteiger partial charge in [-0.05, 0) is 37.1 Å². The molecule has 0 saturated carbocycles. The maximum atomic E-state index is 12.5. The van der Waals surface area contributed by atoms with Crippen molar-refractivity contribution in [1.82, 2.24) is 9.88 Å². The number of amides is 1. The number of nitriles is 1. The van der Waals surface area contributed by atoms with Gasteiger partial charge in [0, 0.05) is 49.6 Å². The Labute approximate surface area is 167 Å². The van der Waals surface area contributed by atoms with E-state index >= 15 is 0 Å². The van der Waals surface area contributed by atoms with E-state index in [9.17, 15) is 10.1 Å². The Hall–Kier alpha value is -2.17. The summed E-state index contributed by atoms with van der Waals surface area (Å²) >= 11 is 3.45. The molecule has 0 radical (unpaired) electrons. The molecule has 27 heavy (non-hydrogen) atoms. The van der Waals surface area contributed by atoms with Crippen molar-refractivity contribution < 1.29 is 9.53 Å². The van der Waals surface area contributed by atoms with Gasteiger partial charge >= 0.3 is 0 Å². The summed E-state index contributed by atoms with van der Waals surface area (Å²) < 4.78 is 5.98. The van der Waals surface area contributed by atoms with Crippen molar-refractivity contribution in [3.8, 4) is 6.07 Å². The van der Waals surface area contributed by atoms with Gasteiger partial charge in [0.1, 0.15) is 5.82 Å². The van der Waals surface area contributed by atoms with E-state index in [2.05, 4.69) is 26.9 Å². The standard InChI is InChI=1S/C20H23BrN4O2/c1-24(9-10-27-2)20(26)14-5-7-25(8-6-14)19-11-15(13-22)17-12-16(21)3-4-18(17)23-19/h3-4,11-12,14H,5-10H2,1-2H3.